The van der Waals surface area contributed by atoms with Crippen molar-refractivity contribution in [2.45, 2.75) is 122 Å². The maximum atomic E-state index is 13.1. The van der Waals surface area contributed by atoms with Crippen LogP contribution in [0.2, 0.25) is 0 Å². The number of rotatable bonds is 8. The normalized spacial score (nSPS) is 31.2. The third kappa shape index (κ3) is 9.25. The Morgan fingerprint density at radius 3 is 1.58 bits per heavy atom. The predicted octanol–water partition coefficient (Wildman–Crippen LogP) is 10.4. The molecule has 8 saturated carbocycles. The second-order valence-corrected chi connectivity index (χ2v) is 21.5. The molecular formula is C53H65ClN6O2. The lowest BCUT2D eigenvalue weighted by atomic mass is 9.49. The van der Waals surface area contributed by atoms with E-state index in [4.69, 9.17) is 17.3 Å². The molecule has 2 aliphatic heterocycles. The van der Waals surface area contributed by atoms with Gasteiger partial charge >= 0.3 is 0 Å². The van der Waals surface area contributed by atoms with Gasteiger partial charge in [0, 0.05) is 74.9 Å². The molecule has 0 spiro atoms. The highest BCUT2D eigenvalue weighted by molar-refractivity contribution is 6.64. The first-order valence-corrected chi connectivity index (χ1v) is 24.2. The Balaban J connectivity index is 0.000000124. The van der Waals surface area contributed by atoms with Gasteiger partial charge in [-0.2, -0.15) is 0 Å². The third-order valence-electron chi connectivity index (χ3n) is 16.4. The smallest absolute Gasteiger partial charge is 0.227 e. The lowest BCUT2D eigenvalue weighted by Gasteiger charge is -2.56. The van der Waals surface area contributed by atoms with Gasteiger partial charge in [0.05, 0.1) is 11.4 Å². The summed E-state index contributed by atoms with van der Waals surface area (Å²) in [5.74, 6) is 5.38. The second kappa shape index (κ2) is 17.8. The molecule has 14 rings (SSSR count). The molecule has 2 aromatic heterocycles. The zero-order valence-corrected chi connectivity index (χ0v) is 37.2. The topological polar surface area (TPSA) is 104 Å². The number of nitrogens with zero attached hydrogens (tertiary/aromatic N) is 4. The van der Waals surface area contributed by atoms with Crippen molar-refractivity contribution in [2.24, 2.45) is 46.3 Å². The highest BCUT2D eigenvalue weighted by atomic mass is 35.5. The summed E-state index contributed by atoms with van der Waals surface area (Å²) in [6.45, 7) is 5.74. The average Bonchev–Trinajstić information content (AvgIpc) is 3.24. The number of nitrogens with one attached hydrogen (secondary N) is 1. The first kappa shape index (κ1) is 41.9. The predicted molar refractivity (Wildman–Crippen MR) is 247 cm³/mol. The van der Waals surface area contributed by atoms with Crippen LogP contribution in [-0.4, -0.2) is 44.0 Å². The molecule has 4 heterocycles. The Hall–Kier alpha value is -4.11. The summed E-state index contributed by atoms with van der Waals surface area (Å²) in [6.07, 6.45) is 21.9. The van der Waals surface area contributed by atoms with Gasteiger partial charge in [-0.05, 0) is 177 Å². The van der Waals surface area contributed by atoms with E-state index in [1.165, 1.54) is 80.0 Å². The molecule has 8 aliphatic carbocycles. The van der Waals surface area contributed by atoms with Gasteiger partial charge in [-0.25, -0.2) is 0 Å². The van der Waals surface area contributed by atoms with Crippen LogP contribution in [0.25, 0.3) is 0 Å². The van der Waals surface area contributed by atoms with E-state index in [2.05, 4.69) is 85.7 Å². The number of carbonyl (C=O) groups excluding carboxylic acids is 2. The molecule has 4 aromatic rings. The Kier molecular flexibility index (Phi) is 12.0. The van der Waals surface area contributed by atoms with Crippen molar-refractivity contribution in [2.75, 3.05) is 24.1 Å². The van der Waals surface area contributed by atoms with Crippen molar-refractivity contribution in [1.82, 2.24) is 19.8 Å². The number of anilines is 2. The quantitative estimate of drug-likeness (QED) is 0.170. The Morgan fingerprint density at radius 1 is 0.629 bits per heavy atom. The lowest BCUT2D eigenvalue weighted by molar-refractivity contribution is -0.135. The number of carbonyl (C=O) groups is 2. The molecule has 8 nitrogen and oxygen atoms in total. The molecule has 1 amide bonds. The van der Waals surface area contributed by atoms with Gasteiger partial charge < -0.3 is 11.1 Å². The summed E-state index contributed by atoms with van der Waals surface area (Å²) in [5, 5.41) is 3.28. The summed E-state index contributed by atoms with van der Waals surface area (Å²) >= 11 is 5.76. The highest BCUT2D eigenvalue weighted by Crippen LogP contribution is 2.62. The van der Waals surface area contributed by atoms with Crippen molar-refractivity contribution in [3.63, 3.8) is 0 Å². The van der Waals surface area contributed by atoms with E-state index in [1.54, 1.807) is 6.20 Å². The first-order valence-electron chi connectivity index (χ1n) is 23.9. The number of benzene rings is 2. The molecule has 0 unspecified atom stereocenters. The minimum absolute atomic E-state index is 0.0356. The minimum Gasteiger partial charge on any atom is -0.398 e. The van der Waals surface area contributed by atoms with Crippen LogP contribution in [0.4, 0.5) is 11.4 Å². The maximum Gasteiger partial charge on any atom is 0.227 e. The molecule has 62 heavy (non-hydrogen) atoms. The third-order valence-corrected chi connectivity index (χ3v) is 16.8. The van der Waals surface area contributed by atoms with Crippen LogP contribution < -0.4 is 11.1 Å². The minimum atomic E-state index is -0.0731. The fourth-order valence-corrected chi connectivity index (χ4v) is 14.7. The number of hydrogen-bond acceptors (Lipinski definition) is 7. The Morgan fingerprint density at radius 2 is 1.08 bits per heavy atom. The number of amides is 1. The van der Waals surface area contributed by atoms with Gasteiger partial charge in [0.1, 0.15) is 0 Å². The van der Waals surface area contributed by atoms with Crippen molar-refractivity contribution in [1.29, 1.82) is 0 Å². The zero-order valence-electron chi connectivity index (χ0n) is 36.5. The van der Waals surface area contributed by atoms with Crippen molar-refractivity contribution < 1.29 is 9.59 Å². The van der Waals surface area contributed by atoms with Crippen LogP contribution in [0.1, 0.15) is 117 Å². The number of nitrogen functional groups attached to an aromatic ring is 1. The van der Waals surface area contributed by atoms with E-state index in [1.807, 2.05) is 18.3 Å². The largest absolute Gasteiger partial charge is 0.398 e. The molecule has 2 aromatic carbocycles. The van der Waals surface area contributed by atoms with Crippen molar-refractivity contribution >= 4 is 34.1 Å². The second-order valence-electron chi connectivity index (χ2n) is 21.1. The molecule has 10 aliphatic rings. The number of hydrogen-bond donors (Lipinski definition) is 2. The van der Waals surface area contributed by atoms with Crippen LogP contribution in [0.5, 0.6) is 0 Å². The standard InChI is InChI=1S/C27H33N3O.C15H17N3.C11H15ClO/c31-26(16-27-13-20-10-21(14-27)12-22(11-20)15-27)29-24-6-8-28-25-18-30(9-7-23(24)25)17-19-4-2-1-3-5-19;16-14-6-8-17-15-11-18(9-7-13(14)15)10-12-4-2-1-3-5-12;12-10(13)11-4-7-1-8(5-11)3-9(2-7)6-11/h1-6,8,20-22H,7,9-18H2,(H,28,29,31);1-6,8H,7,9-11H2,(H2,16,17);7-9H,1-6H2. The summed E-state index contributed by atoms with van der Waals surface area (Å²) < 4.78 is 0. The average molecular weight is 854 g/mol. The number of pyridine rings is 2. The molecular weight excluding hydrogens is 788 g/mol. The summed E-state index contributed by atoms with van der Waals surface area (Å²) in [4.78, 5) is 38.6. The number of aromatic nitrogens is 2. The zero-order chi connectivity index (χ0) is 42.3. The van der Waals surface area contributed by atoms with E-state index in [9.17, 15) is 9.59 Å². The summed E-state index contributed by atoms with van der Waals surface area (Å²) in [5.41, 5.74) is 15.5. The number of nitrogens with two attached hydrogens (primary N) is 1. The monoisotopic (exact) mass is 852 g/mol. The highest BCUT2D eigenvalue weighted by Gasteiger charge is 2.54. The molecule has 9 heteroatoms. The van der Waals surface area contributed by atoms with Gasteiger partial charge in [-0.3, -0.25) is 29.4 Å². The molecule has 3 N–H and O–H groups in total. The van der Waals surface area contributed by atoms with Crippen molar-refractivity contribution in [3.05, 3.63) is 119 Å². The van der Waals surface area contributed by atoms with E-state index in [0.717, 1.165) is 130 Å². The molecule has 326 valence electrons. The Labute approximate surface area is 373 Å². The van der Waals surface area contributed by atoms with Crippen LogP contribution in [-0.2, 0) is 48.6 Å². The van der Waals surface area contributed by atoms with E-state index in [-0.39, 0.29) is 16.6 Å². The number of fused-ring (bicyclic) bond motifs is 2. The molecule has 8 fully saturated rings. The SMILES string of the molecule is Nc1ccnc2c1CCN(Cc1ccccc1)C2.O=C(CC12CC3CC(CC(C3)C1)C2)Nc1ccnc2c1CCN(Cc1ccccc1)C2.O=C(Cl)C12CC3CC(CC(C3)C1)C2. The van der Waals surface area contributed by atoms with E-state index < -0.39 is 0 Å². The molecule has 0 radical (unpaired) electrons. The Bertz CT molecular complexity index is 2160. The van der Waals surface area contributed by atoms with Crippen LogP contribution >= 0.6 is 11.6 Å². The fourth-order valence-electron chi connectivity index (χ4n) is 14.5. The van der Waals surface area contributed by atoms with Crippen LogP contribution in [0.15, 0.2) is 85.2 Å². The fraction of sp³-hybridized carbons (Fsp3) is 0.547. The van der Waals surface area contributed by atoms with Crippen LogP contribution in [0.3, 0.4) is 0 Å². The van der Waals surface area contributed by atoms with Crippen molar-refractivity contribution in [3.8, 4) is 0 Å². The maximum absolute atomic E-state index is 13.1. The van der Waals surface area contributed by atoms with Crippen LogP contribution in [0, 0.1) is 46.3 Å². The molecule has 8 bridgehead atoms. The van der Waals surface area contributed by atoms with Gasteiger partial charge in [-0.15, -0.1) is 0 Å². The molecule has 0 atom stereocenters. The van der Waals surface area contributed by atoms with Gasteiger partial charge in [0.25, 0.3) is 0 Å². The summed E-state index contributed by atoms with van der Waals surface area (Å²) in [7, 11) is 0. The van der Waals surface area contributed by atoms with Gasteiger partial charge in [0.2, 0.25) is 11.1 Å². The van der Waals surface area contributed by atoms with Gasteiger partial charge in [-0.1, -0.05) is 60.7 Å². The number of halogens is 1. The molecule has 0 saturated heterocycles. The lowest BCUT2D eigenvalue weighted by Crippen LogP contribution is -2.48. The van der Waals surface area contributed by atoms with Gasteiger partial charge in [0.15, 0.2) is 0 Å². The van der Waals surface area contributed by atoms with E-state index >= 15 is 0 Å². The summed E-state index contributed by atoms with van der Waals surface area (Å²) in [6, 6.07) is 25.1. The van der Waals surface area contributed by atoms with E-state index in [0.29, 0.717) is 11.8 Å². The first-order chi connectivity index (χ1) is 30.1.